The van der Waals surface area contributed by atoms with Crippen LogP contribution in [0.25, 0.3) is 0 Å². The number of methoxy groups -OCH3 is 1. The van der Waals surface area contributed by atoms with Crippen LogP contribution in [0.5, 0.6) is 5.75 Å². The molecule has 96 valence electrons. The zero-order chi connectivity index (χ0) is 13.7. The summed E-state index contributed by atoms with van der Waals surface area (Å²) in [6.45, 7) is 0. The minimum absolute atomic E-state index is 0.134. The van der Waals surface area contributed by atoms with E-state index in [1.165, 1.54) is 25.6 Å². The Morgan fingerprint density at radius 3 is 2.63 bits per heavy atom. The van der Waals surface area contributed by atoms with Crippen LogP contribution in [0.2, 0.25) is 0 Å². The molecule has 1 amide bonds. The molecule has 0 saturated heterocycles. The Balaban J connectivity index is 2.20. The fraction of sp³-hybridized carbons (Fsp3) is 0.0769. The van der Waals surface area contributed by atoms with Gasteiger partial charge in [0.25, 0.3) is 5.91 Å². The normalized spacial score (nSPS) is 9.74. The number of amides is 1. The van der Waals surface area contributed by atoms with E-state index in [2.05, 4.69) is 15.5 Å². The fourth-order valence-electron chi connectivity index (χ4n) is 1.55. The van der Waals surface area contributed by atoms with Gasteiger partial charge in [-0.15, -0.1) is 4.91 Å². The highest BCUT2D eigenvalue weighted by molar-refractivity contribution is 6.04. The molecule has 0 aliphatic heterocycles. The minimum Gasteiger partial charge on any atom is -0.494 e. The Kier molecular flexibility index (Phi) is 3.82. The molecule has 1 aromatic heterocycles. The predicted molar refractivity (Wildman–Crippen MR) is 70.6 cm³/mol. The average molecular weight is 257 g/mol. The van der Waals surface area contributed by atoms with E-state index < -0.39 is 0 Å². The van der Waals surface area contributed by atoms with Crippen molar-refractivity contribution in [2.45, 2.75) is 0 Å². The van der Waals surface area contributed by atoms with Gasteiger partial charge >= 0.3 is 0 Å². The molecule has 0 spiro atoms. The third-order valence-corrected chi connectivity index (χ3v) is 2.48. The summed E-state index contributed by atoms with van der Waals surface area (Å²) in [5, 5.41) is 5.51. The van der Waals surface area contributed by atoms with Gasteiger partial charge in [-0.25, -0.2) is 0 Å². The topological polar surface area (TPSA) is 80.7 Å². The van der Waals surface area contributed by atoms with Gasteiger partial charge in [-0.2, -0.15) is 0 Å². The molecule has 1 N–H and O–H groups in total. The van der Waals surface area contributed by atoms with Crippen LogP contribution in [-0.4, -0.2) is 18.0 Å². The van der Waals surface area contributed by atoms with Gasteiger partial charge in [-0.3, -0.25) is 9.78 Å². The first-order valence-electron chi connectivity index (χ1n) is 5.47. The Hall–Kier alpha value is -2.76. The molecule has 0 aliphatic carbocycles. The monoisotopic (exact) mass is 257 g/mol. The van der Waals surface area contributed by atoms with Gasteiger partial charge in [0.1, 0.15) is 5.75 Å². The molecule has 6 heteroatoms. The number of carbonyl (C=O) groups excluding carboxylic acids is 1. The van der Waals surface area contributed by atoms with Gasteiger partial charge in [0.05, 0.1) is 7.11 Å². The smallest absolute Gasteiger partial charge is 0.255 e. The van der Waals surface area contributed by atoms with Crippen LogP contribution in [0.4, 0.5) is 11.4 Å². The molecule has 0 atom stereocenters. The first-order chi connectivity index (χ1) is 9.24. The molecule has 0 saturated carbocycles. The number of aromatic nitrogens is 1. The maximum absolute atomic E-state index is 11.9. The van der Waals surface area contributed by atoms with Gasteiger partial charge in [-0.05, 0) is 35.5 Å². The number of ether oxygens (including phenoxy) is 1. The Bertz CT molecular complexity index is 599. The van der Waals surface area contributed by atoms with Crippen molar-refractivity contribution in [1.82, 2.24) is 4.98 Å². The highest BCUT2D eigenvalue weighted by Crippen LogP contribution is 2.30. The number of hydrogen-bond acceptors (Lipinski definition) is 5. The lowest BCUT2D eigenvalue weighted by Crippen LogP contribution is -2.11. The number of benzene rings is 1. The van der Waals surface area contributed by atoms with Crippen LogP contribution in [0.15, 0.2) is 47.9 Å². The molecule has 2 rings (SSSR count). The lowest BCUT2D eigenvalue weighted by molar-refractivity contribution is 0.102. The first kappa shape index (κ1) is 12.7. The van der Waals surface area contributed by atoms with E-state index in [0.717, 1.165) is 0 Å². The summed E-state index contributed by atoms with van der Waals surface area (Å²) >= 11 is 0. The molecule has 2 aromatic rings. The maximum atomic E-state index is 11.9. The molecule has 1 aromatic carbocycles. The van der Waals surface area contributed by atoms with E-state index >= 15 is 0 Å². The fourth-order valence-corrected chi connectivity index (χ4v) is 1.55. The molecule has 1 heterocycles. The summed E-state index contributed by atoms with van der Waals surface area (Å²) in [6.07, 6.45) is 3.06. The summed E-state index contributed by atoms with van der Waals surface area (Å²) in [5.74, 6) is 0.0707. The summed E-state index contributed by atoms with van der Waals surface area (Å²) in [4.78, 5) is 26.4. The second kappa shape index (κ2) is 5.72. The number of nitrogens with zero attached hydrogens (tertiary/aromatic N) is 2. The zero-order valence-corrected chi connectivity index (χ0v) is 10.2. The Morgan fingerprint density at radius 1 is 1.26 bits per heavy atom. The Labute approximate surface area is 109 Å². The molecule has 0 unspecified atom stereocenters. The molecule has 0 bridgehead atoms. The summed E-state index contributed by atoms with van der Waals surface area (Å²) in [5.41, 5.74) is 1.08. The standard InChI is InChI=1S/C13H11N3O3/c1-19-12-3-2-10(8-11(12)16-18)15-13(17)9-4-6-14-7-5-9/h2-8H,1H3,(H,15,17). The van der Waals surface area contributed by atoms with Gasteiger partial charge in [0.15, 0.2) is 5.69 Å². The number of pyridine rings is 1. The van der Waals surface area contributed by atoms with Crippen molar-refractivity contribution in [2.75, 3.05) is 12.4 Å². The molecule has 0 aliphatic rings. The number of nitrogens with one attached hydrogen (secondary N) is 1. The van der Waals surface area contributed by atoms with E-state index in [1.54, 1.807) is 24.3 Å². The number of rotatable bonds is 4. The third-order valence-electron chi connectivity index (χ3n) is 2.48. The number of anilines is 1. The minimum atomic E-state index is -0.288. The Morgan fingerprint density at radius 2 is 2.00 bits per heavy atom. The molecule has 0 radical (unpaired) electrons. The zero-order valence-electron chi connectivity index (χ0n) is 10.2. The highest BCUT2D eigenvalue weighted by Gasteiger charge is 2.08. The molecule has 19 heavy (non-hydrogen) atoms. The van der Waals surface area contributed by atoms with E-state index in [9.17, 15) is 9.70 Å². The van der Waals surface area contributed by atoms with Crippen molar-refractivity contribution in [3.63, 3.8) is 0 Å². The van der Waals surface area contributed by atoms with Crippen LogP contribution >= 0.6 is 0 Å². The molecular formula is C13H11N3O3. The molecular weight excluding hydrogens is 246 g/mol. The quantitative estimate of drug-likeness (QED) is 0.854. The number of hydrogen-bond donors (Lipinski definition) is 1. The van der Waals surface area contributed by atoms with Crippen molar-refractivity contribution in [3.8, 4) is 5.75 Å². The van der Waals surface area contributed by atoms with Crippen molar-refractivity contribution >= 4 is 17.3 Å². The van der Waals surface area contributed by atoms with E-state index in [1.807, 2.05) is 0 Å². The van der Waals surface area contributed by atoms with E-state index in [0.29, 0.717) is 17.0 Å². The summed E-state index contributed by atoms with van der Waals surface area (Å²) < 4.78 is 4.97. The third kappa shape index (κ3) is 2.92. The summed E-state index contributed by atoms with van der Waals surface area (Å²) in [6, 6.07) is 7.84. The lowest BCUT2D eigenvalue weighted by Gasteiger charge is -2.07. The largest absolute Gasteiger partial charge is 0.494 e. The van der Waals surface area contributed by atoms with Crippen molar-refractivity contribution in [2.24, 2.45) is 5.18 Å². The molecule has 0 fully saturated rings. The number of nitroso groups, excluding NO2 is 1. The van der Waals surface area contributed by atoms with Gasteiger partial charge in [-0.1, -0.05) is 0 Å². The van der Waals surface area contributed by atoms with Gasteiger partial charge < -0.3 is 10.1 Å². The molecule has 6 nitrogen and oxygen atoms in total. The maximum Gasteiger partial charge on any atom is 0.255 e. The van der Waals surface area contributed by atoms with E-state index in [4.69, 9.17) is 4.74 Å². The van der Waals surface area contributed by atoms with Crippen LogP contribution in [0.1, 0.15) is 10.4 Å². The predicted octanol–water partition coefficient (Wildman–Crippen LogP) is 2.74. The van der Waals surface area contributed by atoms with E-state index in [-0.39, 0.29) is 11.6 Å². The van der Waals surface area contributed by atoms with Crippen LogP contribution in [-0.2, 0) is 0 Å². The number of carbonyl (C=O) groups is 1. The van der Waals surface area contributed by atoms with Crippen molar-refractivity contribution < 1.29 is 9.53 Å². The summed E-state index contributed by atoms with van der Waals surface area (Å²) in [7, 11) is 1.44. The van der Waals surface area contributed by atoms with Crippen molar-refractivity contribution in [1.29, 1.82) is 0 Å². The average Bonchev–Trinajstić information content (AvgIpc) is 2.48. The van der Waals surface area contributed by atoms with Crippen LogP contribution < -0.4 is 10.1 Å². The first-order valence-corrected chi connectivity index (χ1v) is 5.47. The SMILES string of the molecule is COc1ccc(NC(=O)c2ccncc2)cc1N=O. The van der Waals surface area contributed by atoms with Crippen LogP contribution in [0, 0.1) is 4.91 Å². The lowest BCUT2D eigenvalue weighted by atomic mass is 10.2. The van der Waals surface area contributed by atoms with Gasteiger partial charge in [0.2, 0.25) is 0 Å². The second-order valence-corrected chi connectivity index (χ2v) is 3.67. The second-order valence-electron chi connectivity index (χ2n) is 3.67. The van der Waals surface area contributed by atoms with Gasteiger partial charge in [0, 0.05) is 23.6 Å². The highest BCUT2D eigenvalue weighted by atomic mass is 16.5. The van der Waals surface area contributed by atoms with Crippen molar-refractivity contribution in [3.05, 3.63) is 53.2 Å². The van der Waals surface area contributed by atoms with Crippen LogP contribution in [0.3, 0.4) is 0 Å².